The summed E-state index contributed by atoms with van der Waals surface area (Å²) in [4.78, 5) is 2.26. The van der Waals surface area contributed by atoms with Gasteiger partial charge in [0, 0.05) is 24.8 Å². The maximum Gasteiger partial charge on any atom is 0.231 e. The van der Waals surface area contributed by atoms with Crippen molar-refractivity contribution in [2.75, 3.05) is 25.2 Å². The van der Waals surface area contributed by atoms with Crippen LogP contribution >= 0.6 is 12.2 Å². The topological polar surface area (TPSA) is 33.7 Å². The van der Waals surface area contributed by atoms with Crippen LogP contribution in [-0.2, 0) is 0 Å². The van der Waals surface area contributed by atoms with Gasteiger partial charge < -0.3 is 19.7 Å². The number of thiocarbonyl (C=S) groups is 1. The van der Waals surface area contributed by atoms with Crippen LogP contribution < -0.4 is 14.8 Å². The summed E-state index contributed by atoms with van der Waals surface area (Å²) >= 11 is 5.49. The number of likely N-dealkylation sites (tertiary alicyclic amines) is 1. The van der Waals surface area contributed by atoms with Crippen molar-refractivity contribution in [2.24, 2.45) is 0 Å². The molecule has 0 aliphatic carbocycles. The molecule has 0 unspecified atom stereocenters. The molecule has 1 aromatic carbocycles. The van der Waals surface area contributed by atoms with E-state index >= 15 is 0 Å². The largest absolute Gasteiger partial charge is 0.454 e. The van der Waals surface area contributed by atoms with Gasteiger partial charge >= 0.3 is 0 Å². The Hall–Kier alpha value is -1.49. The zero-order valence-corrected chi connectivity index (χ0v) is 11.7. The number of nitrogens with zero attached hydrogens (tertiary/aromatic N) is 1. The zero-order chi connectivity index (χ0) is 13.1. The number of hydrogen-bond donors (Lipinski definition) is 1. The fraction of sp³-hybridized carbons (Fsp3) is 0.500. The van der Waals surface area contributed by atoms with Gasteiger partial charge in [0.15, 0.2) is 16.6 Å². The third-order valence-corrected chi connectivity index (χ3v) is 3.88. The normalized spacial score (nSPS) is 18.0. The molecule has 0 bridgehead atoms. The van der Waals surface area contributed by atoms with Crippen LogP contribution in [0.25, 0.3) is 0 Å². The maximum absolute atomic E-state index is 5.49. The molecule has 1 saturated heterocycles. The van der Waals surface area contributed by atoms with Gasteiger partial charge in [-0.15, -0.1) is 0 Å². The van der Waals surface area contributed by atoms with Crippen molar-refractivity contribution in [3.63, 3.8) is 0 Å². The lowest BCUT2D eigenvalue weighted by Crippen LogP contribution is -2.35. The fourth-order valence-electron chi connectivity index (χ4n) is 2.45. The van der Waals surface area contributed by atoms with Crippen molar-refractivity contribution in [1.29, 1.82) is 0 Å². The van der Waals surface area contributed by atoms with Crippen molar-refractivity contribution < 1.29 is 9.47 Å². The molecular weight excluding hydrogens is 260 g/mol. The van der Waals surface area contributed by atoms with Gasteiger partial charge in [0.25, 0.3) is 0 Å². The van der Waals surface area contributed by atoms with E-state index in [0.717, 1.165) is 35.4 Å². The first kappa shape index (κ1) is 12.5. The molecule has 0 saturated carbocycles. The highest BCUT2D eigenvalue weighted by Crippen LogP contribution is 2.34. The predicted octanol–water partition coefficient (Wildman–Crippen LogP) is 2.99. The SMILES string of the molecule is S=C(Nc1ccc2c(c1)OCO2)N1CCCCCC1. The number of ether oxygens (including phenoxy) is 2. The highest BCUT2D eigenvalue weighted by atomic mass is 32.1. The minimum absolute atomic E-state index is 0.301. The van der Waals surface area contributed by atoms with Crippen LogP contribution in [0.1, 0.15) is 25.7 Å². The molecule has 5 heteroatoms. The average Bonchev–Trinajstić information content (AvgIpc) is 2.71. The molecule has 4 nitrogen and oxygen atoms in total. The number of nitrogens with one attached hydrogen (secondary N) is 1. The predicted molar refractivity (Wildman–Crippen MR) is 78.8 cm³/mol. The van der Waals surface area contributed by atoms with Crippen LogP contribution in [0.5, 0.6) is 11.5 Å². The van der Waals surface area contributed by atoms with Crippen LogP contribution in [0.2, 0.25) is 0 Å². The van der Waals surface area contributed by atoms with E-state index in [9.17, 15) is 0 Å². The molecule has 0 amide bonds. The van der Waals surface area contributed by atoms with E-state index in [4.69, 9.17) is 21.7 Å². The molecule has 102 valence electrons. The van der Waals surface area contributed by atoms with Crippen molar-refractivity contribution >= 4 is 23.0 Å². The van der Waals surface area contributed by atoms with Crippen LogP contribution in [0.15, 0.2) is 18.2 Å². The lowest BCUT2D eigenvalue weighted by molar-refractivity contribution is 0.174. The summed E-state index contributed by atoms with van der Waals surface area (Å²) in [6.45, 7) is 2.40. The van der Waals surface area contributed by atoms with E-state index in [1.165, 1.54) is 25.7 Å². The van der Waals surface area contributed by atoms with Crippen molar-refractivity contribution in [1.82, 2.24) is 4.90 Å². The third kappa shape index (κ3) is 2.92. The summed E-state index contributed by atoms with van der Waals surface area (Å²) in [7, 11) is 0. The minimum atomic E-state index is 0.301. The summed E-state index contributed by atoms with van der Waals surface area (Å²) in [5, 5.41) is 4.10. The van der Waals surface area contributed by atoms with E-state index in [2.05, 4.69) is 10.2 Å². The third-order valence-electron chi connectivity index (χ3n) is 3.52. The summed E-state index contributed by atoms with van der Waals surface area (Å²) < 4.78 is 10.7. The number of anilines is 1. The Morgan fingerprint density at radius 2 is 1.79 bits per heavy atom. The minimum Gasteiger partial charge on any atom is -0.454 e. The lowest BCUT2D eigenvalue weighted by atomic mass is 10.2. The van der Waals surface area contributed by atoms with Crippen LogP contribution in [-0.4, -0.2) is 29.9 Å². The summed E-state index contributed by atoms with van der Waals surface area (Å²) in [6.07, 6.45) is 5.07. The lowest BCUT2D eigenvalue weighted by Gasteiger charge is -2.24. The number of hydrogen-bond acceptors (Lipinski definition) is 3. The summed E-state index contributed by atoms with van der Waals surface area (Å²) in [6, 6.07) is 5.82. The van der Waals surface area contributed by atoms with Gasteiger partial charge in [0.1, 0.15) is 0 Å². The number of fused-ring (bicyclic) bond motifs is 1. The Morgan fingerprint density at radius 1 is 1.05 bits per heavy atom. The second kappa shape index (κ2) is 5.65. The molecular formula is C14H18N2O2S. The number of rotatable bonds is 1. The zero-order valence-electron chi connectivity index (χ0n) is 10.9. The van der Waals surface area contributed by atoms with Gasteiger partial charge in [-0.1, -0.05) is 12.8 Å². The second-order valence-electron chi connectivity index (χ2n) is 4.90. The monoisotopic (exact) mass is 278 g/mol. The molecule has 19 heavy (non-hydrogen) atoms. The van der Waals surface area contributed by atoms with Gasteiger partial charge in [0.2, 0.25) is 6.79 Å². The first-order valence-corrected chi connectivity index (χ1v) is 7.19. The van der Waals surface area contributed by atoms with Gasteiger partial charge in [-0.05, 0) is 37.2 Å². The van der Waals surface area contributed by atoms with E-state index in [-0.39, 0.29) is 0 Å². The Kier molecular flexibility index (Phi) is 3.73. The molecule has 2 aliphatic rings. The maximum atomic E-state index is 5.49. The van der Waals surface area contributed by atoms with Gasteiger partial charge in [-0.3, -0.25) is 0 Å². The molecule has 1 fully saturated rings. The Labute approximate surface area is 118 Å². The molecule has 1 N–H and O–H groups in total. The van der Waals surface area contributed by atoms with Crippen molar-refractivity contribution in [2.45, 2.75) is 25.7 Å². The smallest absolute Gasteiger partial charge is 0.231 e. The number of benzene rings is 1. The second-order valence-corrected chi connectivity index (χ2v) is 5.29. The average molecular weight is 278 g/mol. The van der Waals surface area contributed by atoms with Crippen LogP contribution in [0.4, 0.5) is 5.69 Å². The highest BCUT2D eigenvalue weighted by Gasteiger charge is 2.15. The first-order valence-electron chi connectivity index (χ1n) is 6.78. The molecule has 0 atom stereocenters. The van der Waals surface area contributed by atoms with Crippen molar-refractivity contribution in [3.05, 3.63) is 18.2 Å². The Bertz CT molecular complexity index is 471. The highest BCUT2D eigenvalue weighted by molar-refractivity contribution is 7.80. The van der Waals surface area contributed by atoms with Crippen LogP contribution in [0.3, 0.4) is 0 Å². The molecule has 0 aromatic heterocycles. The van der Waals surface area contributed by atoms with Crippen molar-refractivity contribution in [3.8, 4) is 11.5 Å². The standard InChI is InChI=1S/C14H18N2O2S/c19-14(16-7-3-1-2-4-8-16)15-11-5-6-12-13(9-11)18-10-17-12/h5-6,9H,1-4,7-8,10H2,(H,15,19). The van der Waals surface area contributed by atoms with E-state index in [1.807, 2.05) is 18.2 Å². The van der Waals surface area contributed by atoms with E-state index in [1.54, 1.807) is 0 Å². The summed E-state index contributed by atoms with van der Waals surface area (Å²) in [5.41, 5.74) is 0.957. The molecule has 0 spiro atoms. The molecule has 3 rings (SSSR count). The van der Waals surface area contributed by atoms with Crippen LogP contribution in [0, 0.1) is 0 Å². The molecule has 1 aromatic rings. The Morgan fingerprint density at radius 3 is 2.58 bits per heavy atom. The van der Waals surface area contributed by atoms with E-state index < -0.39 is 0 Å². The van der Waals surface area contributed by atoms with E-state index in [0.29, 0.717) is 6.79 Å². The molecule has 2 aliphatic heterocycles. The van der Waals surface area contributed by atoms with Gasteiger partial charge in [0.05, 0.1) is 0 Å². The summed E-state index contributed by atoms with van der Waals surface area (Å²) in [5.74, 6) is 1.58. The Balaban J connectivity index is 1.65. The quantitative estimate of drug-likeness (QED) is 0.799. The van der Waals surface area contributed by atoms with Gasteiger partial charge in [-0.2, -0.15) is 0 Å². The molecule has 2 heterocycles. The fourth-order valence-corrected chi connectivity index (χ4v) is 2.75. The first-order chi connectivity index (χ1) is 9.33. The molecule has 0 radical (unpaired) electrons. The van der Waals surface area contributed by atoms with Gasteiger partial charge in [-0.25, -0.2) is 0 Å².